The maximum Gasteiger partial charge on any atom is 0.310 e. The zero-order valence-electron chi connectivity index (χ0n) is 14.5. The minimum atomic E-state index is -0.446. The number of primary amides is 1. The third-order valence-corrected chi connectivity index (χ3v) is 4.75. The highest BCUT2D eigenvalue weighted by Crippen LogP contribution is 2.19. The number of piperidine rings is 1. The largest absolute Gasteiger partial charge is 0.455 e. The van der Waals surface area contributed by atoms with Gasteiger partial charge in [0.15, 0.2) is 6.61 Å². The van der Waals surface area contributed by atoms with Crippen LogP contribution in [-0.2, 0) is 25.5 Å². The molecule has 3 rings (SSSR count). The van der Waals surface area contributed by atoms with Gasteiger partial charge in [-0.2, -0.15) is 0 Å². The number of nitrogens with zero attached hydrogens (tertiary/aromatic N) is 1. The molecule has 0 aromatic heterocycles. The quantitative estimate of drug-likeness (QED) is 0.827. The van der Waals surface area contributed by atoms with E-state index in [2.05, 4.69) is 0 Å². The van der Waals surface area contributed by atoms with E-state index in [-0.39, 0.29) is 24.9 Å². The van der Waals surface area contributed by atoms with E-state index in [1.54, 1.807) is 4.90 Å². The average Bonchev–Trinajstić information content (AvgIpc) is 2.66. The number of benzene rings is 2. The molecule has 1 aliphatic heterocycles. The number of carbonyl (C=O) groups is 3. The van der Waals surface area contributed by atoms with E-state index in [0.29, 0.717) is 19.5 Å². The number of hydrogen-bond acceptors (Lipinski definition) is 4. The number of ether oxygens (including phenoxy) is 1. The fourth-order valence-corrected chi connectivity index (χ4v) is 3.32. The molecular formula is C20H22N2O4. The van der Waals surface area contributed by atoms with Gasteiger partial charge >= 0.3 is 5.97 Å². The Morgan fingerprint density at radius 2 is 1.88 bits per heavy atom. The van der Waals surface area contributed by atoms with Crippen LogP contribution in [0.4, 0.5) is 0 Å². The van der Waals surface area contributed by atoms with Gasteiger partial charge in [-0.25, -0.2) is 0 Å². The van der Waals surface area contributed by atoms with E-state index >= 15 is 0 Å². The van der Waals surface area contributed by atoms with Crippen molar-refractivity contribution in [2.45, 2.75) is 19.3 Å². The lowest BCUT2D eigenvalue weighted by atomic mass is 9.97. The van der Waals surface area contributed by atoms with E-state index in [1.807, 2.05) is 42.5 Å². The van der Waals surface area contributed by atoms with Gasteiger partial charge in [-0.15, -0.1) is 0 Å². The molecule has 26 heavy (non-hydrogen) atoms. The summed E-state index contributed by atoms with van der Waals surface area (Å²) in [5.74, 6) is -1.45. The number of carbonyl (C=O) groups excluding carboxylic acids is 3. The van der Waals surface area contributed by atoms with Crippen molar-refractivity contribution in [2.24, 2.45) is 11.7 Å². The molecule has 6 nitrogen and oxygen atoms in total. The molecule has 1 saturated heterocycles. The summed E-state index contributed by atoms with van der Waals surface area (Å²) in [7, 11) is 0. The molecule has 2 amide bonds. The summed E-state index contributed by atoms with van der Waals surface area (Å²) >= 11 is 0. The van der Waals surface area contributed by atoms with Crippen LogP contribution in [0.25, 0.3) is 10.8 Å². The normalized spacial score (nSPS) is 17.1. The lowest BCUT2D eigenvalue weighted by Gasteiger charge is -2.31. The van der Waals surface area contributed by atoms with Gasteiger partial charge in [-0.3, -0.25) is 14.4 Å². The van der Waals surface area contributed by atoms with Crippen molar-refractivity contribution in [1.29, 1.82) is 0 Å². The molecule has 0 radical (unpaired) electrons. The zero-order valence-corrected chi connectivity index (χ0v) is 14.5. The summed E-state index contributed by atoms with van der Waals surface area (Å²) in [6.07, 6.45) is 1.53. The minimum absolute atomic E-state index is 0.110. The number of likely N-dealkylation sites (tertiary alicyclic amines) is 1. The predicted molar refractivity (Wildman–Crippen MR) is 97.1 cm³/mol. The molecule has 1 fully saturated rings. The number of rotatable bonds is 5. The Labute approximate surface area is 151 Å². The highest BCUT2D eigenvalue weighted by atomic mass is 16.5. The van der Waals surface area contributed by atoms with Gasteiger partial charge in [-0.1, -0.05) is 42.5 Å². The van der Waals surface area contributed by atoms with Crippen molar-refractivity contribution in [1.82, 2.24) is 4.90 Å². The summed E-state index contributed by atoms with van der Waals surface area (Å²) in [5.41, 5.74) is 6.19. The Hall–Kier alpha value is -2.89. The summed E-state index contributed by atoms with van der Waals surface area (Å²) in [5, 5.41) is 2.05. The first kappa shape index (κ1) is 17.9. The standard InChI is InChI=1S/C20H22N2O4/c21-20(25)16-8-4-10-22(12-16)18(23)13-26-19(24)11-15-7-3-6-14-5-1-2-9-17(14)15/h1-3,5-7,9,16H,4,8,10-13H2,(H2,21,25)/t16-/m0/s1. The molecule has 0 aliphatic carbocycles. The van der Waals surface area contributed by atoms with Crippen molar-refractivity contribution >= 4 is 28.6 Å². The zero-order chi connectivity index (χ0) is 18.5. The Bertz CT molecular complexity index is 828. The van der Waals surface area contributed by atoms with E-state index in [4.69, 9.17) is 10.5 Å². The molecule has 0 spiro atoms. The first-order valence-corrected chi connectivity index (χ1v) is 8.74. The Morgan fingerprint density at radius 3 is 2.69 bits per heavy atom. The second kappa shape index (κ2) is 7.99. The van der Waals surface area contributed by atoms with Crippen molar-refractivity contribution < 1.29 is 19.1 Å². The van der Waals surface area contributed by atoms with Crippen molar-refractivity contribution in [2.75, 3.05) is 19.7 Å². The molecule has 2 aromatic carbocycles. The molecule has 0 saturated carbocycles. The Morgan fingerprint density at radius 1 is 1.12 bits per heavy atom. The third kappa shape index (κ3) is 4.20. The maximum absolute atomic E-state index is 12.2. The summed E-state index contributed by atoms with van der Waals surface area (Å²) in [4.78, 5) is 37.2. The molecule has 6 heteroatoms. The van der Waals surface area contributed by atoms with Gasteiger partial charge < -0.3 is 15.4 Å². The van der Waals surface area contributed by atoms with Crippen LogP contribution in [0.1, 0.15) is 18.4 Å². The van der Waals surface area contributed by atoms with Crippen molar-refractivity contribution in [3.05, 3.63) is 48.0 Å². The third-order valence-electron chi connectivity index (χ3n) is 4.75. The number of fused-ring (bicyclic) bond motifs is 1. The maximum atomic E-state index is 12.2. The Balaban J connectivity index is 1.55. The molecule has 0 unspecified atom stereocenters. The summed E-state index contributed by atoms with van der Waals surface area (Å²) in [6.45, 7) is 0.549. The predicted octanol–water partition coefficient (Wildman–Crippen LogP) is 1.65. The van der Waals surface area contributed by atoms with Gasteiger partial charge in [-0.05, 0) is 29.2 Å². The van der Waals surface area contributed by atoms with Crippen LogP contribution in [0.5, 0.6) is 0 Å². The van der Waals surface area contributed by atoms with Crippen molar-refractivity contribution in [3.8, 4) is 0 Å². The fraction of sp³-hybridized carbons (Fsp3) is 0.350. The van der Waals surface area contributed by atoms with Crippen LogP contribution in [0.3, 0.4) is 0 Å². The van der Waals surface area contributed by atoms with Crippen molar-refractivity contribution in [3.63, 3.8) is 0 Å². The molecule has 1 atom stereocenters. The highest BCUT2D eigenvalue weighted by molar-refractivity contribution is 5.89. The average molecular weight is 354 g/mol. The number of amides is 2. The fourth-order valence-electron chi connectivity index (χ4n) is 3.32. The number of nitrogens with two attached hydrogens (primary N) is 1. The monoisotopic (exact) mass is 354 g/mol. The van der Waals surface area contributed by atoms with Crippen LogP contribution >= 0.6 is 0 Å². The smallest absolute Gasteiger partial charge is 0.310 e. The van der Waals surface area contributed by atoms with Crippen LogP contribution in [0.2, 0.25) is 0 Å². The second-order valence-electron chi connectivity index (χ2n) is 6.56. The van der Waals surface area contributed by atoms with Gasteiger partial charge in [0, 0.05) is 13.1 Å². The first-order valence-electron chi connectivity index (χ1n) is 8.74. The Kier molecular flexibility index (Phi) is 5.51. The number of hydrogen-bond donors (Lipinski definition) is 1. The molecule has 2 N–H and O–H groups in total. The lowest BCUT2D eigenvalue weighted by Crippen LogP contribution is -2.45. The molecule has 0 bridgehead atoms. The van der Waals surface area contributed by atoms with E-state index in [1.165, 1.54) is 0 Å². The molecule has 2 aromatic rings. The molecule has 1 heterocycles. The SMILES string of the molecule is NC(=O)[C@H]1CCCN(C(=O)COC(=O)Cc2cccc3ccccc23)C1. The first-order chi connectivity index (χ1) is 12.5. The molecular weight excluding hydrogens is 332 g/mol. The van der Waals surface area contributed by atoms with E-state index in [9.17, 15) is 14.4 Å². The van der Waals surface area contributed by atoms with Crippen LogP contribution in [0.15, 0.2) is 42.5 Å². The van der Waals surface area contributed by atoms with Crippen LogP contribution in [0, 0.1) is 5.92 Å². The summed E-state index contributed by atoms with van der Waals surface area (Å²) < 4.78 is 5.16. The van der Waals surface area contributed by atoms with Gasteiger partial charge in [0.25, 0.3) is 5.91 Å². The van der Waals surface area contributed by atoms with Gasteiger partial charge in [0.1, 0.15) is 0 Å². The van der Waals surface area contributed by atoms with Gasteiger partial charge in [0.05, 0.1) is 12.3 Å². The van der Waals surface area contributed by atoms with E-state index < -0.39 is 11.9 Å². The highest BCUT2D eigenvalue weighted by Gasteiger charge is 2.27. The van der Waals surface area contributed by atoms with Crippen LogP contribution in [-0.4, -0.2) is 42.4 Å². The van der Waals surface area contributed by atoms with Gasteiger partial charge in [0.2, 0.25) is 5.91 Å². The lowest BCUT2D eigenvalue weighted by molar-refractivity contribution is -0.152. The van der Waals surface area contributed by atoms with Crippen LogP contribution < -0.4 is 5.73 Å². The minimum Gasteiger partial charge on any atom is -0.455 e. The topological polar surface area (TPSA) is 89.7 Å². The molecule has 136 valence electrons. The molecule has 1 aliphatic rings. The summed E-state index contributed by atoms with van der Waals surface area (Å²) in [6, 6.07) is 13.6. The van der Waals surface area contributed by atoms with E-state index in [0.717, 1.165) is 22.8 Å². The number of esters is 1. The second-order valence-corrected chi connectivity index (χ2v) is 6.56.